The van der Waals surface area contributed by atoms with Gasteiger partial charge in [0.2, 0.25) is 0 Å². The van der Waals surface area contributed by atoms with Crippen LogP contribution in [-0.2, 0) is 16.0 Å². The Morgan fingerprint density at radius 2 is 1.79 bits per heavy atom. The maximum absolute atomic E-state index is 12.1. The zero-order valence-corrected chi connectivity index (χ0v) is 13.8. The number of aryl methyl sites for hydroxylation is 1. The second-order valence-corrected chi connectivity index (χ2v) is 6.17. The van der Waals surface area contributed by atoms with Crippen LogP contribution in [0.5, 0.6) is 11.5 Å². The van der Waals surface area contributed by atoms with Gasteiger partial charge >= 0.3 is 0 Å². The molecule has 2 aromatic rings. The van der Waals surface area contributed by atoms with Crippen LogP contribution >= 0.6 is 0 Å². The van der Waals surface area contributed by atoms with Gasteiger partial charge in [-0.15, -0.1) is 0 Å². The molecule has 126 valence electrons. The molecule has 1 aliphatic rings. The van der Waals surface area contributed by atoms with Crippen molar-refractivity contribution in [3.05, 3.63) is 59.7 Å². The minimum Gasteiger partial charge on any atom is -0.508 e. The van der Waals surface area contributed by atoms with Gasteiger partial charge in [-0.25, -0.2) is 0 Å². The molecule has 1 fully saturated rings. The predicted octanol–water partition coefficient (Wildman–Crippen LogP) is 3.82. The number of carbonyl (C=O) groups excluding carboxylic acids is 1. The highest BCUT2D eigenvalue weighted by molar-refractivity contribution is 5.80. The number of carbonyl (C=O) groups is 1. The summed E-state index contributed by atoms with van der Waals surface area (Å²) in [4.78, 5) is 12.1. The van der Waals surface area contributed by atoms with Gasteiger partial charge in [0.25, 0.3) is 0 Å². The average Bonchev–Trinajstić information content (AvgIpc) is 2.61. The van der Waals surface area contributed by atoms with Crippen molar-refractivity contribution in [1.29, 1.82) is 0 Å². The molecule has 0 unspecified atom stereocenters. The van der Waals surface area contributed by atoms with E-state index in [1.165, 1.54) is 0 Å². The predicted molar refractivity (Wildman–Crippen MR) is 91.3 cm³/mol. The van der Waals surface area contributed by atoms with Crippen molar-refractivity contribution in [2.45, 2.75) is 37.9 Å². The highest BCUT2D eigenvalue weighted by Gasteiger charge is 2.28. The molecule has 1 heterocycles. The number of Topliss-reactive ketones (excluding diaryl/α,β-unsaturated/α-hetero) is 1. The quantitative estimate of drug-likeness (QED) is 0.907. The van der Waals surface area contributed by atoms with E-state index in [0.29, 0.717) is 12.8 Å². The van der Waals surface area contributed by atoms with Crippen molar-refractivity contribution >= 4 is 5.78 Å². The van der Waals surface area contributed by atoms with E-state index in [9.17, 15) is 9.90 Å². The summed E-state index contributed by atoms with van der Waals surface area (Å²) in [5.41, 5.74) is 2.15. The lowest BCUT2D eigenvalue weighted by Crippen LogP contribution is -2.28. The number of ketones is 1. The van der Waals surface area contributed by atoms with Gasteiger partial charge < -0.3 is 14.6 Å². The van der Waals surface area contributed by atoms with Gasteiger partial charge in [-0.2, -0.15) is 0 Å². The minimum atomic E-state index is -0.179. The Bertz CT molecular complexity index is 676. The molecule has 1 N–H and O–H groups in total. The van der Waals surface area contributed by atoms with Crippen LogP contribution in [0.4, 0.5) is 0 Å². The van der Waals surface area contributed by atoms with E-state index in [1.807, 2.05) is 36.4 Å². The molecule has 0 bridgehead atoms. The standard InChI is InChI=1S/C20H22O4/c1-23-18-10-5-15(6-11-18)20-13-17(22)12-19(24-20)9-4-14-2-7-16(21)8-3-14/h2-3,5-8,10-11,19-21H,4,9,12-13H2,1H3/t19-,20+/m0/s1. The summed E-state index contributed by atoms with van der Waals surface area (Å²) >= 11 is 0. The van der Waals surface area contributed by atoms with E-state index < -0.39 is 0 Å². The summed E-state index contributed by atoms with van der Waals surface area (Å²) in [5.74, 6) is 1.31. The van der Waals surface area contributed by atoms with Gasteiger partial charge in [-0.1, -0.05) is 24.3 Å². The van der Waals surface area contributed by atoms with Crippen LogP contribution in [0.2, 0.25) is 0 Å². The maximum Gasteiger partial charge on any atom is 0.138 e. The largest absolute Gasteiger partial charge is 0.508 e. The molecule has 1 aliphatic heterocycles. The van der Waals surface area contributed by atoms with Crippen LogP contribution < -0.4 is 4.74 Å². The Morgan fingerprint density at radius 1 is 1.08 bits per heavy atom. The zero-order chi connectivity index (χ0) is 16.9. The highest BCUT2D eigenvalue weighted by Crippen LogP contribution is 2.32. The van der Waals surface area contributed by atoms with Gasteiger partial charge in [0, 0.05) is 12.8 Å². The number of hydrogen-bond donors (Lipinski definition) is 1. The highest BCUT2D eigenvalue weighted by atomic mass is 16.5. The molecule has 4 nitrogen and oxygen atoms in total. The molecule has 3 rings (SSSR count). The first kappa shape index (κ1) is 16.5. The lowest BCUT2D eigenvalue weighted by Gasteiger charge is -2.29. The van der Waals surface area contributed by atoms with Crippen LogP contribution in [-0.4, -0.2) is 24.1 Å². The number of aromatic hydroxyl groups is 1. The first-order chi connectivity index (χ1) is 11.6. The van der Waals surface area contributed by atoms with Gasteiger partial charge in [-0.3, -0.25) is 4.79 Å². The van der Waals surface area contributed by atoms with Crippen LogP contribution in [0.3, 0.4) is 0 Å². The lowest BCUT2D eigenvalue weighted by atomic mass is 9.94. The number of methoxy groups -OCH3 is 1. The molecule has 0 spiro atoms. The van der Waals surface area contributed by atoms with Crippen molar-refractivity contribution in [1.82, 2.24) is 0 Å². The molecule has 4 heteroatoms. The maximum atomic E-state index is 12.1. The molecule has 0 radical (unpaired) electrons. The molecule has 0 aromatic heterocycles. The average molecular weight is 326 g/mol. The summed E-state index contributed by atoms with van der Waals surface area (Å²) < 4.78 is 11.3. The smallest absolute Gasteiger partial charge is 0.138 e. The lowest BCUT2D eigenvalue weighted by molar-refractivity contribution is -0.136. The number of hydrogen-bond acceptors (Lipinski definition) is 4. The van der Waals surface area contributed by atoms with Crippen LogP contribution in [0.1, 0.15) is 36.5 Å². The third-order valence-corrected chi connectivity index (χ3v) is 4.40. The Morgan fingerprint density at radius 3 is 2.46 bits per heavy atom. The second-order valence-electron chi connectivity index (χ2n) is 6.17. The van der Waals surface area contributed by atoms with Crippen molar-refractivity contribution in [3.63, 3.8) is 0 Å². The monoisotopic (exact) mass is 326 g/mol. The van der Waals surface area contributed by atoms with Crippen molar-refractivity contribution in [3.8, 4) is 11.5 Å². The summed E-state index contributed by atoms with van der Waals surface area (Å²) in [5, 5.41) is 9.33. The zero-order valence-electron chi connectivity index (χ0n) is 13.8. The van der Waals surface area contributed by atoms with Gasteiger partial charge in [0.15, 0.2) is 0 Å². The van der Waals surface area contributed by atoms with Crippen molar-refractivity contribution in [2.24, 2.45) is 0 Å². The molecular formula is C20H22O4. The minimum absolute atomic E-state index is 0.0628. The molecule has 0 amide bonds. The van der Waals surface area contributed by atoms with E-state index in [4.69, 9.17) is 9.47 Å². The van der Waals surface area contributed by atoms with E-state index in [-0.39, 0.29) is 23.7 Å². The molecule has 0 aliphatic carbocycles. The van der Waals surface area contributed by atoms with Gasteiger partial charge in [-0.05, 0) is 48.2 Å². The summed E-state index contributed by atoms with van der Waals surface area (Å²) in [7, 11) is 1.63. The molecule has 2 atom stereocenters. The van der Waals surface area contributed by atoms with Crippen LogP contribution in [0.15, 0.2) is 48.5 Å². The summed E-state index contributed by atoms with van der Waals surface area (Å²) in [6.45, 7) is 0. The topological polar surface area (TPSA) is 55.8 Å². The normalized spacial score (nSPS) is 20.8. The Hall–Kier alpha value is -2.33. The molecular weight excluding hydrogens is 304 g/mol. The number of phenolic OH excluding ortho intramolecular Hbond substituents is 1. The van der Waals surface area contributed by atoms with Crippen molar-refractivity contribution in [2.75, 3.05) is 7.11 Å². The van der Waals surface area contributed by atoms with E-state index >= 15 is 0 Å². The summed E-state index contributed by atoms with van der Waals surface area (Å²) in [6.07, 6.45) is 2.29. The molecule has 0 saturated carbocycles. The number of phenols is 1. The van der Waals surface area contributed by atoms with E-state index in [2.05, 4.69) is 0 Å². The first-order valence-electron chi connectivity index (χ1n) is 8.23. The van der Waals surface area contributed by atoms with Crippen LogP contribution in [0, 0.1) is 0 Å². The third-order valence-electron chi connectivity index (χ3n) is 4.40. The first-order valence-corrected chi connectivity index (χ1v) is 8.23. The van der Waals surface area contributed by atoms with Gasteiger partial charge in [0.05, 0.1) is 19.3 Å². The SMILES string of the molecule is COc1ccc([C@H]2CC(=O)C[C@H](CCc3ccc(O)cc3)O2)cc1. The number of benzene rings is 2. The van der Waals surface area contributed by atoms with E-state index in [0.717, 1.165) is 29.7 Å². The number of rotatable bonds is 5. The number of ether oxygens (including phenoxy) is 2. The second kappa shape index (κ2) is 7.49. The molecule has 2 aromatic carbocycles. The van der Waals surface area contributed by atoms with Crippen molar-refractivity contribution < 1.29 is 19.4 Å². The molecule has 1 saturated heterocycles. The Kier molecular flexibility index (Phi) is 5.16. The fourth-order valence-corrected chi connectivity index (χ4v) is 3.05. The summed E-state index contributed by atoms with van der Waals surface area (Å²) in [6, 6.07) is 14.9. The van der Waals surface area contributed by atoms with Crippen LogP contribution in [0.25, 0.3) is 0 Å². The Balaban J connectivity index is 1.62. The van der Waals surface area contributed by atoms with Gasteiger partial charge in [0.1, 0.15) is 17.3 Å². The molecule has 24 heavy (non-hydrogen) atoms. The third kappa shape index (κ3) is 4.15. The Labute approximate surface area is 142 Å². The fourth-order valence-electron chi connectivity index (χ4n) is 3.05. The fraction of sp³-hybridized carbons (Fsp3) is 0.350. The van der Waals surface area contributed by atoms with E-state index in [1.54, 1.807) is 19.2 Å².